The quantitative estimate of drug-likeness (QED) is 0.628. The minimum Gasteiger partial charge on any atom is -0.497 e. The van der Waals surface area contributed by atoms with Crippen molar-refractivity contribution < 1.29 is 31.3 Å². The molecule has 0 bridgehead atoms. The Kier molecular flexibility index (Phi) is 5.92. The first kappa shape index (κ1) is 20.5. The van der Waals surface area contributed by atoms with Crippen molar-refractivity contribution in [3.8, 4) is 17.1 Å². The van der Waals surface area contributed by atoms with Crippen LogP contribution in [0.15, 0.2) is 64.0 Å². The van der Waals surface area contributed by atoms with Crippen LogP contribution in [0.4, 0.5) is 8.78 Å². The third-order valence-electron chi connectivity index (χ3n) is 4.04. The molecule has 0 radical (unpaired) electrons. The fourth-order valence-corrected chi connectivity index (χ4v) is 3.48. The van der Waals surface area contributed by atoms with Crippen molar-refractivity contribution in [2.45, 2.75) is 17.2 Å². The smallest absolute Gasteiger partial charge is 0.341 e. The predicted octanol–water partition coefficient (Wildman–Crippen LogP) is 3.28. The molecule has 0 aliphatic carbocycles. The van der Waals surface area contributed by atoms with E-state index in [1.54, 1.807) is 37.4 Å². The standard InChI is InChI=1S/C19H16F2N2O5S/c1-27-14-8-6-12(7-9-14)16-10-13(23-28-16)11-22-18(24)15-4-2-3-5-17(15)29(25,26)19(20)21/h2-10,19H,11H2,1H3,(H,22,24). The third-order valence-corrected chi connectivity index (χ3v) is 5.47. The number of nitrogens with one attached hydrogen (secondary N) is 1. The van der Waals surface area contributed by atoms with E-state index in [0.29, 0.717) is 17.2 Å². The number of hydrogen-bond acceptors (Lipinski definition) is 6. The molecule has 0 spiro atoms. The van der Waals surface area contributed by atoms with Gasteiger partial charge in [-0.1, -0.05) is 17.3 Å². The summed E-state index contributed by atoms with van der Waals surface area (Å²) < 4.78 is 59.6. The number of ether oxygens (including phenoxy) is 1. The molecule has 0 saturated carbocycles. The van der Waals surface area contributed by atoms with Crippen LogP contribution in [0.1, 0.15) is 16.1 Å². The molecule has 1 amide bonds. The summed E-state index contributed by atoms with van der Waals surface area (Å²) in [6.07, 6.45) is 0. The minimum absolute atomic E-state index is 0.0818. The average Bonchev–Trinajstić information content (AvgIpc) is 3.21. The topological polar surface area (TPSA) is 98.5 Å². The van der Waals surface area contributed by atoms with Crippen molar-refractivity contribution in [1.82, 2.24) is 10.5 Å². The van der Waals surface area contributed by atoms with Gasteiger partial charge in [0.25, 0.3) is 5.91 Å². The van der Waals surface area contributed by atoms with Crippen molar-refractivity contribution in [3.05, 3.63) is 65.9 Å². The Morgan fingerprint density at radius 2 is 1.86 bits per heavy atom. The Bertz CT molecular complexity index is 1110. The lowest BCUT2D eigenvalue weighted by Gasteiger charge is -2.09. The van der Waals surface area contributed by atoms with Crippen LogP contribution in [-0.4, -0.2) is 32.3 Å². The van der Waals surface area contributed by atoms with E-state index in [4.69, 9.17) is 9.26 Å². The van der Waals surface area contributed by atoms with Crippen molar-refractivity contribution in [3.63, 3.8) is 0 Å². The van der Waals surface area contributed by atoms with Crippen LogP contribution in [0.3, 0.4) is 0 Å². The number of halogens is 2. The van der Waals surface area contributed by atoms with Gasteiger partial charge in [0, 0.05) is 11.6 Å². The first-order valence-corrected chi connectivity index (χ1v) is 9.87. The molecule has 0 saturated heterocycles. The Morgan fingerprint density at radius 1 is 1.17 bits per heavy atom. The number of benzene rings is 2. The number of aromatic nitrogens is 1. The highest BCUT2D eigenvalue weighted by Gasteiger charge is 2.30. The van der Waals surface area contributed by atoms with Gasteiger partial charge in [-0.2, -0.15) is 8.78 Å². The van der Waals surface area contributed by atoms with Crippen LogP contribution in [0.2, 0.25) is 0 Å². The molecule has 0 unspecified atom stereocenters. The van der Waals surface area contributed by atoms with Gasteiger partial charge in [0.15, 0.2) is 5.76 Å². The molecule has 0 atom stereocenters. The van der Waals surface area contributed by atoms with Crippen LogP contribution in [0.5, 0.6) is 5.75 Å². The molecule has 0 aliphatic heterocycles. The highest BCUT2D eigenvalue weighted by Crippen LogP contribution is 2.24. The van der Waals surface area contributed by atoms with E-state index in [2.05, 4.69) is 10.5 Å². The maximum Gasteiger partial charge on any atom is 0.341 e. The van der Waals surface area contributed by atoms with Crippen molar-refractivity contribution in [1.29, 1.82) is 0 Å². The van der Waals surface area contributed by atoms with Crippen LogP contribution in [-0.2, 0) is 16.4 Å². The predicted molar refractivity (Wildman–Crippen MR) is 99.3 cm³/mol. The van der Waals surface area contributed by atoms with Gasteiger partial charge in [-0.25, -0.2) is 8.42 Å². The first-order chi connectivity index (χ1) is 13.8. The third kappa shape index (κ3) is 4.43. The average molecular weight is 422 g/mol. The van der Waals surface area contributed by atoms with Crippen LogP contribution in [0.25, 0.3) is 11.3 Å². The highest BCUT2D eigenvalue weighted by atomic mass is 32.2. The summed E-state index contributed by atoms with van der Waals surface area (Å²) in [7, 11) is -3.36. The second-order valence-electron chi connectivity index (χ2n) is 5.90. The SMILES string of the molecule is COc1ccc(-c2cc(CNC(=O)c3ccccc3S(=O)(=O)C(F)F)no2)cc1. The van der Waals surface area contributed by atoms with E-state index >= 15 is 0 Å². The zero-order valence-electron chi connectivity index (χ0n) is 15.1. The summed E-state index contributed by atoms with van der Waals surface area (Å²) in [6, 6.07) is 13.4. The molecule has 3 aromatic rings. The summed E-state index contributed by atoms with van der Waals surface area (Å²) >= 11 is 0. The summed E-state index contributed by atoms with van der Waals surface area (Å²) in [4.78, 5) is 11.6. The molecule has 3 rings (SSSR count). The van der Waals surface area contributed by atoms with Gasteiger partial charge in [-0.15, -0.1) is 0 Å². The number of methoxy groups -OCH3 is 1. The van der Waals surface area contributed by atoms with Crippen molar-refractivity contribution in [2.75, 3.05) is 7.11 Å². The number of carbonyl (C=O) groups excluding carboxylic acids is 1. The largest absolute Gasteiger partial charge is 0.497 e. The van der Waals surface area contributed by atoms with Crippen molar-refractivity contribution >= 4 is 15.7 Å². The second kappa shape index (κ2) is 8.39. The zero-order chi connectivity index (χ0) is 21.0. The summed E-state index contributed by atoms with van der Waals surface area (Å²) in [6.45, 7) is -0.0818. The lowest BCUT2D eigenvalue weighted by Crippen LogP contribution is -2.26. The summed E-state index contributed by atoms with van der Waals surface area (Å²) in [5, 5.41) is 6.30. The Hall–Kier alpha value is -3.27. The fourth-order valence-electron chi connectivity index (χ4n) is 2.55. The Morgan fingerprint density at radius 3 is 2.52 bits per heavy atom. The van der Waals surface area contributed by atoms with E-state index in [1.165, 1.54) is 12.1 Å². The minimum atomic E-state index is -4.91. The van der Waals surface area contributed by atoms with Gasteiger partial charge in [-0.05, 0) is 36.4 Å². The summed E-state index contributed by atoms with van der Waals surface area (Å²) in [5.41, 5.74) is 0.745. The van der Waals surface area contributed by atoms with Gasteiger partial charge in [0.1, 0.15) is 11.4 Å². The maximum atomic E-state index is 12.9. The monoisotopic (exact) mass is 422 g/mol. The van der Waals surface area contributed by atoms with E-state index in [-0.39, 0.29) is 12.1 Å². The van der Waals surface area contributed by atoms with E-state index in [9.17, 15) is 22.0 Å². The number of amides is 1. The molecule has 1 heterocycles. The Labute approximate surface area is 165 Å². The van der Waals surface area contributed by atoms with Gasteiger partial charge >= 0.3 is 5.76 Å². The fraction of sp³-hybridized carbons (Fsp3) is 0.158. The van der Waals surface area contributed by atoms with E-state index in [1.807, 2.05) is 0 Å². The van der Waals surface area contributed by atoms with Crippen LogP contribution in [0, 0.1) is 0 Å². The second-order valence-corrected chi connectivity index (χ2v) is 7.78. The molecule has 29 heavy (non-hydrogen) atoms. The van der Waals surface area contributed by atoms with Gasteiger partial charge in [0.2, 0.25) is 9.84 Å². The number of hydrogen-bond donors (Lipinski definition) is 1. The molecule has 0 fully saturated rings. The first-order valence-electron chi connectivity index (χ1n) is 8.32. The summed E-state index contributed by atoms with van der Waals surface area (Å²) in [5.74, 6) is -3.31. The molecule has 7 nitrogen and oxygen atoms in total. The normalized spacial score (nSPS) is 11.4. The molecular formula is C19H16F2N2O5S. The van der Waals surface area contributed by atoms with E-state index < -0.39 is 26.4 Å². The number of carbonyl (C=O) groups is 1. The molecule has 1 N–H and O–H groups in total. The van der Waals surface area contributed by atoms with Gasteiger partial charge in [-0.3, -0.25) is 4.79 Å². The highest BCUT2D eigenvalue weighted by molar-refractivity contribution is 7.91. The Balaban J connectivity index is 1.73. The van der Waals surface area contributed by atoms with Gasteiger partial charge in [0.05, 0.1) is 24.1 Å². The van der Waals surface area contributed by atoms with E-state index in [0.717, 1.165) is 17.7 Å². The lowest BCUT2D eigenvalue weighted by molar-refractivity contribution is 0.0946. The van der Waals surface area contributed by atoms with Gasteiger partial charge < -0.3 is 14.6 Å². The number of nitrogens with zero attached hydrogens (tertiary/aromatic N) is 1. The molecule has 10 heteroatoms. The lowest BCUT2D eigenvalue weighted by atomic mass is 10.1. The number of rotatable bonds is 7. The maximum absolute atomic E-state index is 12.9. The molecule has 152 valence electrons. The van der Waals surface area contributed by atoms with Crippen LogP contribution < -0.4 is 10.1 Å². The van der Waals surface area contributed by atoms with Crippen LogP contribution >= 0.6 is 0 Å². The molecular weight excluding hydrogens is 406 g/mol. The zero-order valence-corrected chi connectivity index (χ0v) is 15.9. The molecule has 2 aromatic carbocycles. The van der Waals surface area contributed by atoms with Crippen molar-refractivity contribution in [2.24, 2.45) is 0 Å². The number of sulfone groups is 1. The molecule has 1 aromatic heterocycles. The molecule has 0 aliphatic rings. The number of alkyl halides is 2.